The number of rotatable bonds is 3. The van der Waals surface area contributed by atoms with E-state index < -0.39 is 12.2 Å². The highest BCUT2D eigenvalue weighted by molar-refractivity contribution is 5.70. The third-order valence-electron chi connectivity index (χ3n) is 3.18. The number of carbonyl (C=O) groups is 2. The van der Waals surface area contributed by atoms with Gasteiger partial charge in [-0.2, -0.15) is 0 Å². The van der Waals surface area contributed by atoms with Crippen molar-refractivity contribution < 1.29 is 23.9 Å². The van der Waals surface area contributed by atoms with Crippen LogP contribution >= 0.6 is 0 Å². The maximum Gasteiger partial charge on any atom is 0.539 e. The van der Waals surface area contributed by atoms with Crippen molar-refractivity contribution in [1.82, 2.24) is 5.48 Å². The van der Waals surface area contributed by atoms with Crippen LogP contribution < -0.4 is 10.2 Å². The second-order valence-electron chi connectivity index (χ2n) is 4.82. The van der Waals surface area contributed by atoms with E-state index in [4.69, 9.17) is 9.47 Å². The van der Waals surface area contributed by atoms with E-state index in [9.17, 15) is 9.59 Å². The van der Waals surface area contributed by atoms with Crippen LogP contribution in [0, 0.1) is 13.8 Å². The van der Waals surface area contributed by atoms with E-state index in [1.54, 1.807) is 12.1 Å². The third kappa shape index (κ3) is 5.03. The summed E-state index contributed by atoms with van der Waals surface area (Å²) < 4.78 is 9.90. The molecule has 0 aliphatic heterocycles. The van der Waals surface area contributed by atoms with E-state index in [1.807, 2.05) is 55.7 Å². The summed E-state index contributed by atoms with van der Waals surface area (Å²) in [5.41, 5.74) is 4.48. The van der Waals surface area contributed by atoms with Crippen LogP contribution in [0.15, 0.2) is 48.5 Å². The fourth-order valence-corrected chi connectivity index (χ4v) is 1.78. The van der Waals surface area contributed by atoms with Gasteiger partial charge in [0, 0.05) is 0 Å². The van der Waals surface area contributed by atoms with Gasteiger partial charge in [0.2, 0.25) is 0 Å². The van der Waals surface area contributed by atoms with Gasteiger partial charge < -0.3 is 14.3 Å². The number of hydrogen-bond donors (Lipinski definition) is 1. The van der Waals surface area contributed by atoms with E-state index >= 15 is 0 Å². The van der Waals surface area contributed by atoms with Crippen LogP contribution in [0.3, 0.4) is 0 Å². The summed E-state index contributed by atoms with van der Waals surface area (Å²) in [5.74, 6) is 0.370. The number of benzene rings is 2. The molecule has 0 aliphatic rings. The Kier molecular flexibility index (Phi) is 5.57. The van der Waals surface area contributed by atoms with E-state index in [0.717, 1.165) is 16.7 Å². The predicted molar refractivity (Wildman–Crippen MR) is 82.8 cm³/mol. The molecule has 6 heteroatoms. The molecular weight excluding hydrogens is 298 g/mol. The number of hydroxylamine groups is 1. The smallest absolute Gasteiger partial charge is 0.443 e. The molecule has 0 aromatic heterocycles. The Morgan fingerprint density at radius 3 is 2.48 bits per heavy atom. The second kappa shape index (κ2) is 7.84. The van der Waals surface area contributed by atoms with Gasteiger partial charge in [-0.3, -0.25) is 0 Å². The van der Waals surface area contributed by atoms with Crippen LogP contribution in [-0.2, 0) is 16.2 Å². The first-order valence-electron chi connectivity index (χ1n) is 6.98. The van der Waals surface area contributed by atoms with Crippen molar-refractivity contribution in [3.63, 3.8) is 0 Å². The molecule has 1 amide bonds. The molecule has 23 heavy (non-hydrogen) atoms. The zero-order valence-corrected chi connectivity index (χ0v) is 12.9. The number of aryl methyl sites for hydroxylation is 1. The van der Waals surface area contributed by atoms with E-state index in [0.29, 0.717) is 5.75 Å². The first-order chi connectivity index (χ1) is 11.1. The normalized spacial score (nSPS) is 9.83. The fraction of sp³-hybridized carbons (Fsp3) is 0.176. The summed E-state index contributed by atoms with van der Waals surface area (Å²) in [5, 5.41) is 0. The molecule has 0 aliphatic carbocycles. The minimum Gasteiger partial charge on any atom is -0.443 e. The zero-order chi connectivity index (χ0) is 16.7. The number of amides is 1. The van der Waals surface area contributed by atoms with Crippen molar-refractivity contribution in [1.29, 1.82) is 0 Å². The van der Waals surface area contributed by atoms with Gasteiger partial charge in [0.1, 0.15) is 12.4 Å². The molecule has 2 aromatic carbocycles. The van der Waals surface area contributed by atoms with Gasteiger partial charge in [0.25, 0.3) is 0 Å². The molecule has 2 rings (SSSR count). The summed E-state index contributed by atoms with van der Waals surface area (Å²) in [6.07, 6.45) is -1.93. The minimum absolute atomic E-state index is 0.0715. The molecule has 0 bridgehead atoms. The van der Waals surface area contributed by atoms with Gasteiger partial charge in [-0.15, -0.1) is 5.48 Å². The lowest BCUT2D eigenvalue weighted by Crippen LogP contribution is -2.29. The minimum atomic E-state index is -1.05. The van der Waals surface area contributed by atoms with Gasteiger partial charge >= 0.3 is 12.2 Å². The molecule has 0 fully saturated rings. The molecule has 6 nitrogen and oxygen atoms in total. The standard InChI is InChI=1S/C17H17NO5/c1-12-7-6-10-15(13(12)2)22-17(20)23-18-16(19)21-11-14-8-4-3-5-9-14/h3-10H,11H2,1-2H3,(H,18,19). The quantitative estimate of drug-likeness (QED) is 0.531. The van der Waals surface area contributed by atoms with E-state index in [2.05, 4.69) is 4.84 Å². The Balaban J connectivity index is 1.75. The van der Waals surface area contributed by atoms with Crippen molar-refractivity contribution in [2.24, 2.45) is 0 Å². The average molecular weight is 315 g/mol. The van der Waals surface area contributed by atoms with E-state index in [1.165, 1.54) is 0 Å². The Hall–Kier alpha value is -3.02. The molecule has 120 valence electrons. The number of carbonyl (C=O) groups excluding carboxylic acids is 2. The molecule has 1 N–H and O–H groups in total. The van der Waals surface area contributed by atoms with Crippen molar-refractivity contribution in [3.05, 3.63) is 65.2 Å². The number of ether oxygens (including phenoxy) is 2. The van der Waals surface area contributed by atoms with Gasteiger partial charge in [-0.05, 0) is 36.6 Å². The summed E-state index contributed by atoms with van der Waals surface area (Å²) >= 11 is 0. The molecule has 2 aromatic rings. The lowest BCUT2D eigenvalue weighted by Gasteiger charge is -2.09. The SMILES string of the molecule is Cc1cccc(OC(=O)ONC(=O)OCc2ccccc2)c1C. The topological polar surface area (TPSA) is 73.9 Å². The van der Waals surface area contributed by atoms with Crippen LogP contribution in [0.1, 0.15) is 16.7 Å². The van der Waals surface area contributed by atoms with Crippen molar-refractivity contribution in [2.75, 3.05) is 0 Å². The van der Waals surface area contributed by atoms with Crippen molar-refractivity contribution in [2.45, 2.75) is 20.5 Å². The van der Waals surface area contributed by atoms with Crippen molar-refractivity contribution >= 4 is 12.2 Å². The zero-order valence-electron chi connectivity index (χ0n) is 12.9. The van der Waals surface area contributed by atoms with Gasteiger partial charge in [-0.25, -0.2) is 9.59 Å². The van der Waals surface area contributed by atoms with E-state index in [-0.39, 0.29) is 6.61 Å². The molecule has 0 spiro atoms. The second-order valence-corrected chi connectivity index (χ2v) is 4.82. The Labute approximate surface area is 133 Å². The fourth-order valence-electron chi connectivity index (χ4n) is 1.78. The Morgan fingerprint density at radius 2 is 1.74 bits per heavy atom. The summed E-state index contributed by atoms with van der Waals surface area (Å²) in [6, 6.07) is 14.4. The van der Waals surface area contributed by atoms with Crippen LogP contribution in [0.2, 0.25) is 0 Å². The summed E-state index contributed by atoms with van der Waals surface area (Å²) in [6.45, 7) is 3.79. The summed E-state index contributed by atoms with van der Waals surface area (Å²) in [7, 11) is 0. The Bertz CT molecular complexity index is 685. The van der Waals surface area contributed by atoms with Crippen LogP contribution in [0.25, 0.3) is 0 Å². The lowest BCUT2D eigenvalue weighted by atomic mass is 10.1. The average Bonchev–Trinajstić information content (AvgIpc) is 2.56. The first kappa shape index (κ1) is 16.4. The van der Waals surface area contributed by atoms with Gasteiger partial charge in [0.15, 0.2) is 0 Å². The van der Waals surface area contributed by atoms with Crippen LogP contribution in [-0.4, -0.2) is 12.2 Å². The summed E-state index contributed by atoms with van der Waals surface area (Å²) in [4.78, 5) is 27.5. The van der Waals surface area contributed by atoms with Crippen LogP contribution in [0.5, 0.6) is 5.75 Å². The molecule has 0 saturated carbocycles. The maximum absolute atomic E-state index is 11.5. The van der Waals surface area contributed by atoms with Crippen molar-refractivity contribution in [3.8, 4) is 5.75 Å². The Morgan fingerprint density at radius 1 is 1.00 bits per heavy atom. The highest BCUT2D eigenvalue weighted by atomic mass is 16.8. The largest absolute Gasteiger partial charge is 0.539 e. The molecule has 0 atom stereocenters. The number of nitrogens with one attached hydrogen (secondary N) is 1. The lowest BCUT2D eigenvalue weighted by molar-refractivity contribution is 0.0362. The number of hydrogen-bond acceptors (Lipinski definition) is 5. The monoisotopic (exact) mass is 315 g/mol. The molecule has 0 radical (unpaired) electrons. The van der Waals surface area contributed by atoms with Gasteiger partial charge in [0.05, 0.1) is 0 Å². The highest BCUT2D eigenvalue weighted by Gasteiger charge is 2.12. The van der Waals surface area contributed by atoms with Gasteiger partial charge in [-0.1, -0.05) is 42.5 Å². The third-order valence-corrected chi connectivity index (χ3v) is 3.18. The molecule has 0 unspecified atom stereocenters. The predicted octanol–water partition coefficient (Wildman–Crippen LogP) is 3.66. The molecule has 0 saturated heterocycles. The highest BCUT2D eigenvalue weighted by Crippen LogP contribution is 2.20. The molecule has 0 heterocycles. The molecular formula is C17H17NO5. The maximum atomic E-state index is 11.5. The van der Waals surface area contributed by atoms with Crippen LogP contribution in [0.4, 0.5) is 9.59 Å². The first-order valence-corrected chi connectivity index (χ1v) is 6.98.